The minimum absolute atomic E-state index is 0.0387. The molecule has 8 nitrogen and oxygen atoms in total. The average molecular weight is 369 g/mol. The standard InChI is InChI=1S/C17H19N7OS/c1-12(14-7-3-5-9-18-14)21-23-16(25)11-20-17(26)24-22-13(2)15-8-4-6-10-19-15/h3-10H,11H2,1-2H3,(H,23,25)(H2,20,24,26)/b21-12+,22-13+. The number of hydrazone groups is 2. The van der Waals surface area contributed by atoms with Crippen LogP contribution in [0.3, 0.4) is 0 Å². The fraction of sp³-hybridized carbons (Fsp3) is 0.176. The van der Waals surface area contributed by atoms with Crippen LogP contribution in [0.2, 0.25) is 0 Å². The molecule has 0 atom stereocenters. The van der Waals surface area contributed by atoms with Crippen molar-refractivity contribution in [3.63, 3.8) is 0 Å². The van der Waals surface area contributed by atoms with Crippen molar-refractivity contribution in [1.29, 1.82) is 0 Å². The van der Waals surface area contributed by atoms with Crippen LogP contribution in [-0.2, 0) is 4.79 Å². The summed E-state index contributed by atoms with van der Waals surface area (Å²) in [6.07, 6.45) is 3.35. The minimum atomic E-state index is -0.338. The lowest BCUT2D eigenvalue weighted by Gasteiger charge is -2.07. The van der Waals surface area contributed by atoms with Crippen molar-refractivity contribution in [3.05, 3.63) is 60.2 Å². The second kappa shape index (κ2) is 9.94. The molecule has 0 unspecified atom stereocenters. The van der Waals surface area contributed by atoms with Crippen molar-refractivity contribution >= 4 is 34.7 Å². The largest absolute Gasteiger partial charge is 0.352 e. The van der Waals surface area contributed by atoms with Gasteiger partial charge in [-0.1, -0.05) is 12.1 Å². The lowest BCUT2D eigenvalue weighted by molar-refractivity contribution is -0.119. The SMILES string of the molecule is C/C(=N\NC(=O)CNC(=S)N/N=C(\C)c1ccccn1)c1ccccn1. The second-order valence-electron chi connectivity index (χ2n) is 5.15. The van der Waals surface area contributed by atoms with Crippen LogP contribution in [0.1, 0.15) is 25.2 Å². The molecule has 1 amide bonds. The molecule has 0 radical (unpaired) electrons. The van der Waals surface area contributed by atoms with E-state index in [4.69, 9.17) is 12.2 Å². The van der Waals surface area contributed by atoms with Crippen molar-refractivity contribution in [1.82, 2.24) is 26.1 Å². The molecule has 0 fully saturated rings. The monoisotopic (exact) mass is 369 g/mol. The molecule has 0 saturated carbocycles. The van der Waals surface area contributed by atoms with Crippen LogP contribution in [0.15, 0.2) is 59.0 Å². The molecule has 3 N–H and O–H groups in total. The highest BCUT2D eigenvalue weighted by atomic mass is 32.1. The van der Waals surface area contributed by atoms with Gasteiger partial charge in [-0.3, -0.25) is 20.2 Å². The molecule has 0 aliphatic heterocycles. The van der Waals surface area contributed by atoms with E-state index in [1.165, 1.54) is 0 Å². The fourth-order valence-electron chi connectivity index (χ4n) is 1.79. The van der Waals surface area contributed by atoms with Crippen LogP contribution in [0.25, 0.3) is 0 Å². The summed E-state index contributed by atoms with van der Waals surface area (Å²) in [5.74, 6) is -0.338. The number of amides is 1. The molecule has 2 heterocycles. The molecule has 2 rings (SSSR count). The van der Waals surface area contributed by atoms with E-state index < -0.39 is 0 Å². The van der Waals surface area contributed by atoms with Gasteiger partial charge in [-0.25, -0.2) is 5.43 Å². The van der Waals surface area contributed by atoms with Crippen molar-refractivity contribution in [2.75, 3.05) is 6.54 Å². The molecule has 0 aliphatic carbocycles. The van der Waals surface area contributed by atoms with E-state index in [0.29, 0.717) is 17.1 Å². The van der Waals surface area contributed by atoms with Crippen molar-refractivity contribution in [2.24, 2.45) is 10.2 Å². The van der Waals surface area contributed by atoms with Crippen LogP contribution >= 0.6 is 12.2 Å². The Hall–Kier alpha value is -3.20. The Morgan fingerprint density at radius 1 is 0.962 bits per heavy atom. The molecule has 2 aromatic rings. The molecule has 0 aliphatic rings. The number of nitrogens with zero attached hydrogens (tertiary/aromatic N) is 4. The van der Waals surface area contributed by atoms with E-state index in [1.807, 2.05) is 36.4 Å². The summed E-state index contributed by atoms with van der Waals surface area (Å²) in [7, 11) is 0. The van der Waals surface area contributed by atoms with Crippen LogP contribution in [0, 0.1) is 0 Å². The highest BCUT2D eigenvalue weighted by Gasteiger charge is 2.03. The van der Waals surface area contributed by atoms with E-state index in [-0.39, 0.29) is 17.6 Å². The predicted octanol–water partition coefficient (Wildman–Crippen LogP) is 1.21. The number of carbonyl (C=O) groups is 1. The lowest BCUT2D eigenvalue weighted by atomic mass is 10.3. The Kier molecular flexibility index (Phi) is 7.31. The van der Waals surface area contributed by atoms with Gasteiger partial charge in [0.2, 0.25) is 0 Å². The zero-order valence-electron chi connectivity index (χ0n) is 14.4. The van der Waals surface area contributed by atoms with Gasteiger partial charge in [-0.05, 0) is 50.3 Å². The summed E-state index contributed by atoms with van der Waals surface area (Å²) < 4.78 is 0. The third-order valence-corrected chi connectivity index (χ3v) is 3.39. The third-order valence-electron chi connectivity index (χ3n) is 3.15. The van der Waals surface area contributed by atoms with Gasteiger partial charge in [-0.2, -0.15) is 10.2 Å². The minimum Gasteiger partial charge on any atom is -0.352 e. The van der Waals surface area contributed by atoms with Gasteiger partial charge >= 0.3 is 0 Å². The summed E-state index contributed by atoms with van der Waals surface area (Å²) in [6.45, 7) is 3.53. The van der Waals surface area contributed by atoms with Gasteiger partial charge in [0.25, 0.3) is 5.91 Å². The predicted molar refractivity (Wildman–Crippen MR) is 105 cm³/mol. The van der Waals surface area contributed by atoms with Crippen LogP contribution in [-0.4, -0.2) is 39.0 Å². The first kappa shape index (κ1) is 19.1. The average Bonchev–Trinajstić information content (AvgIpc) is 2.69. The van der Waals surface area contributed by atoms with E-state index in [0.717, 1.165) is 5.69 Å². The van der Waals surface area contributed by atoms with Gasteiger partial charge in [0.15, 0.2) is 5.11 Å². The molecule has 9 heteroatoms. The van der Waals surface area contributed by atoms with E-state index in [9.17, 15) is 4.79 Å². The maximum atomic E-state index is 11.8. The molecule has 0 spiro atoms. The zero-order valence-corrected chi connectivity index (χ0v) is 15.2. The van der Waals surface area contributed by atoms with E-state index in [2.05, 4.69) is 36.3 Å². The maximum Gasteiger partial charge on any atom is 0.259 e. The molecule has 2 aromatic heterocycles. The number of pyridine rings is 2. The molecule has 0 saturated heterocycles. The van der Waals surface area contributed by atoms with Crippen LogP contribution in [0.4, 0.5) is 0 Å². The van der Waals surface area contributed by atoms with Crippen LogP contribution in [0.5, 0.6) is 0 Å². The number of aromatic nitrogens is 2. The van der Waals surface area contributed by atoms with E-state index >= 15 is 0 Å². The molecule has 0 bridgehead atoms. The Labute approximate surface area is 156 Å². The molecule has 26 heavy (non-hydrogen) atoms. The Balaban J connectivity index is 1.76. The van der Waals surface area contributed by atoms with Crippen LogP contribution < -0.4 is 16.2 Å². The summed E-state index contributed by atoms with van der Waals surface area (Å²) in [6, 6.07) is 11.0. The summed E-state index contributed by atoms with van der Waals surface area (Å²) in [4.78, 5) is 20.1. The fourth-order valence-corrected chi connectivity index (χ4v) is 1.91. The van der Waals surface area contributed by atoms with Crippen molar-refractivity contribution in [3.8, 4) is 0 Å². The molecular weight excluding hydrogens is 350 g/mol. The van der Waals surface area contributed by atoms with Crippen molar-refractivity contribution in [2.45, 2.75) is 13.8 Å². The van der Waals surface area contributed by atoms with Gasteiger partial charge in [-0.15, -0.1) is 0 Å². The third kappa shape index (κ3) is 6.36. The van der Waals surface area contributed by atoms with Gasteiger partial charge < -0.3 is 5.32 Å². The highest BCUT2D eigenvalue weighted by molar-refractivity contribution is 7.80. The topological polar surface area (TPSA) is 104 Å². The number of thiocarbonyl (C=S) groups is 1. The Morgan fingerprint density at radius 2 is 1.50 bits per heavy atom. The second-order valence-corrected chi connectivity index (χ2v) is 5.56. The maximum absolute atomic E-state index is 11.8. The first-order valence-corrected chi connectivity index (χ1v) is 8.21. The Bertz CT molecular complexity index is 737. The quantitative estimate of drug-likeness (QED) is 0.402. The first-order valence-electron chi connectivity index (χ1n) is 7.80. The lowest BCUT2D eigenvalue weighted by Crippen LogP contribution is -2.39. The number of rotatable bonds is 6. The van der Waals surface area contributed by atoms with Crippen molar-refractivity contribution < 1.29 is 4.79 Å². The molecular formula is C17H19N7OS. The normalized spacial score (nSPS) is 11.6. The number of nitrogens with one attached hydrogen (secondary N) is 3. The summed E-state index contributed by atoms with van der Waals surface area (Å²) in [5, 5.41) is 11.1. The van der Waals surface area contributed by atoms with Gasteiger partial charge in [0.05, 0.1) is 29.4 Å². The number of carbonyl (C=O) groups excluding carboxylic acids is 1. The number of hydrogen-bond donors (Lipinski definition) is 3. The van der Waals surface area contributed by atoms with E-state index in [1.54, 1.807) is 26.2 Å². The van der Waals surface area contributed by atoms with Gasteiger partial charge in [0.1, 0.15) is 0 Å². The summed E-state index contributed by atoms with van der Waals surface area (Å²) in [5.41, 5.74) is 7.82. The number of hydrogen-bond acceptors (Lipinski definition) is 6. The first-order chi connectivity index (χ1) is 12.6. The highest BCUT2D eigenvalue weighted by Crippen LogP contribution is 1.96. The van der Waals surface area contributed by atoms with Gasteiger partial charge in [0, 0.05) is 12.4 Å². The molecule has 134 valence electrons. The smallest absolute Gasteiger partial charge is 0.259 e. The molecule has 0 aromatic carbocycles. The summed E-state index contributed by atoms with van der Waals surface area (Å²) >= 11 is 5.08. The Morgan fingerprint density at radius 3 is 2.00 bits per heavy atom. The zero-order chi connectivity index (χ0) is 18.8.